The van der Waals surface area contributed by atoms with Crippen LogP contribution in [0.2, 0.25) is 0 Å². The average molecular weight is 425 g/mol. The Hall–Kier alpha value is -4.41. The minimum absolute atomic E-state index is 0.00248. The molecule has 2 aromatic carbocycles. The van der Waals surface area contributed by atoms with Crippen molar-refractivity contribution in [2.45, 2.75) is 6.92 Å². The topological polar surface area (TPSA) is 149 Å². The lowest BCUT2D eigenvalue weighted by Crippen LogP contribution is -2.15. The van der Waals surface area contributed by atoms with Crippen LogP contribution in [0, 0.1) is 10.1 Å². The Morgan fingerprint density at radius 3 is 2.42 bits per heavy atom. The van der Waals surface area contributed by atoms with E-state index in [4.69, 9.17) is 9.47 Å². The first-order chi connectivity index (χ1) is 14.9. The Labute approximate surface area is 176 Å². The maximum Gasteiger partial charge on any atom is 0.364 e. The first kappa shape index (κ1) is 21.3. The largest absolute Gasteiger partial charge is 0.506 e. The maximum atomic E-state index is 12.4. The number of carbonyl (C=O) groups excluding carboxylic acids is 1. The van der Waals surface area contributed by atoms with E-state index in [2.05, 4.69) is 20.6 Å². The highest BCUT2D eigenvalue weighted by Gasteiger charge is 2.31. The van der Waals surface area contributed by atoms with Crippen molar-refractivity contribution in [1.29, 1.82) is 0 Å². The maximum absolute atomic E-state index is 12.4. The number of esters is 1. The SMILES string of the molecule is CCOC(=O)c1nc(Nc2ccccc2O)nc(Nc2ccccc2OC)c1[N+](=O)[O-]. The van der Waals surface area contributed by atoms with E-state index < -0.39 is 22.3 Å². The van der Waals surface area contributed by atoms with Crippen LogP contribution in [0.3, 0.4) is 0 Å². The normalized spacial score (nSPS) is 10.3. The summed E-state index contributed by atoms with van der Waals surface area (Å²) in [5, 5.41) is 27.4. The summed E-state index contributed by atoms with van der Waals surface area (Å²) in [6, 6.07) is 13.0. The van der Waals surface area contributed by atoms with Crippen LogP contribution in [0.15, 0.2) is 48.5 Å². The van der Waals surface area contributed by atoms with E-state index in [0.29, 0.717) is 11.4 Å². The molecule has 0 radical (unpaired) electrons. The summed E-state index contributed by atoms with van der Waals surface area (Å²) < 4.78 is 10.2. The molecule has 0 aliphatic heterocycles. The van der Waals surface area contributed by atoms with E-state index in [1.54, 1.807) is 49.4 Å². The molecule has 0 saturated heterocycles. The minimum atomic E-state index is -0.986. The van der Waals surface area contributed by atoms with Crippen molar-refractivity contribution in [3.05, 3.63) is 64.3 Å². The van der Waals surface area contributed by atoms with E-state index in [9.17, 15) is 20.0 Å². The van der Waals surface area contributed by atoms with Crippen LogP contribution in [0.25, 0.3) is 0 Å². The quantitative estimate of drug-likeness (QED) is 0.211. The first-order valence-corrected chi connectivity index (χ1v) is 9.13. The molecule has 0 aliphatic carbocycles. The molecule has 11 heteroatoms. The number of phenols is 1. The molecule has 1 aromatic heterocycles. The summed E-state index contributed by atoms with van der Waals surface area (Å²) in [6.45, 7) is 1.57. The zero-order valence-electron chi connectivity index (χ0n) is 16.7. The third kappa shape index (κ3) is 4.78. The molecule has 0 fully saturated rings. The zero-order chi connectivity index (χ0) is 22.4. The van der Waals surface area contributed by atoms with Gasteiger partial charge in [-0.05, 0) is 31.2 Å². The molecule has 0 bridgehead atoms. The number of nitro groups is 1. The Balaban J connectivity index is 2.15. The number of anilines is 4. The molecule has 0 atom stereocenters. The van der Waals surface area contributed by atoms with Gasteiger partial charge in [0, 0.05) is 0 Å². The number of carbonyl (C=O) groups is 1. The van der Waals surface area contributed by atoms with Gasteiger partial charge in [0.1, 0.15) is 11.5 Å². The number of para-hydroxylation sites is 4. The summed E-state index contributed by atoms with van der Waals surface area (Å²) >= 11 is 0. The van der Waals surface area contributed by atoms with Gasteiger partial charge in [-0.3, -0.25) is 10.1 Å². The molecule has 3 aromatic rings. The molecule has 0 unspecified atom stereocenters. The van der Waals surface area contributed by atoms with Gasteiger partial charge < -0.3 is 25.2 Å². The number of benzene rings is 2. The molecule has 0 amide bonds. The van der Waals surface area contributed by atoms with Gasteiger partial charge in [0.25, 0.3) is 0 Å². The first-order valence-electron chi connectivity index (χ1n) is 9.13. The minimum Gasteiger partial charge on any atom is -0.506 e. The summed E-state index contributed by atoms with van der Waals surface area (Å²) in [5.41, 5.74) is -0.575. The molecule has 11 nitrogen and oxygen atoms in total. The van der Waals surface area contributed by atoms with Crippen molar-refractivity contribution in [3.63, 3.8) is 0 Å². The second kappa shape index (κ2) is 9.39. The van der Waals surface area contributed by atoms with E-state index in [1.807, 2.05) is 0 Å². The summed E-state index contributed by atoms with van der Waals surface area (Å²) in [7, 11) is 1.45. The number of aromatic nitrogens is 2. The summed E-state index contributed by atoms with van der Waals surface area (Å²) in [6.07, 6.45) is 0. The highest BCUT2D eigenvalue weighted by Crippen LogP contribution is 2.34. The summed E-state index contributed by atoms with van der Waals surface area (Å²) in [5.74, 6) is -1.09. The Morgan fingerprint density at radius 2 is 1.77 bits per heavy atom. The van der Waals surface area contributed by atoms with Gasteiger partial charge in [-0.15, -0.1) is 0 Å². The van der Waals surface area contributed by atoms with Crippen LogP contribution < -0.4 is 15.4 Å². The van der Waals surface area contributed by atoms with Gasteiger partial charge in [-0.2, -0.15) is 9.97 Å². The predicted octanol–water partition coefficient (Wildman–Crippen LogP) is 3.76. The average Bonchev–Trinajstić information content (AvgIpc) is 2.75. The van der Waals surface area contributed by atoms with Crippen LogP contribution in [-0.4, -0.2) is 39.7 Å². The number of nitrogens with zero attached hydrogens (tertiary/aromatic N) is 3. The van der Waals surface area contributed by atoms with Gasteiger partial charge in [0.2, 0.25) is 17.5 Å². The highest BCUT2D eigenvalue weighted by molar-refractivity contribution is 5.95. The second-order valence-corrected chi connectivity index (χ2v) is 6.04. The third-order valence-corrected chi connectivity index (χ3v) is 4.05. The third-order valence-electron chi connectivity index (χ3n) is 4.05. The molecule has 31 heavy (non-hydrogen) atoms. The number of methoxy groups -OCH3 is 1. The molecule has 0 aliphatic rings. The van der Waals surface area contributed by atoms with E-state index in [0.717, 1.165) is 0 Å². The van der Waals surface area contributed by atoms with E-state index in [-0.39, 0.29) is 29.8 Å². The number of aromatic hydroxyl groups is 1. The van der Waals surface area contributed by atoms with Gasteiger partial charge in [0.15, 0.2) is 0 Å². The molecular weight excluding hydrogens is 406 g/mol. The lowest BCUT2D eigenvalue weighted by atomic mass is 10.2. The highest BCUT2D eigenvalue weighted by atomic mass is 16.6. The van der Waals surface area contributed by atoms with Gasteiger partial charge in [-0.1, -0.05) is 24.3 Å². The van der Waals surface area contributed by atoms with Crippen molar-refractivity contribution >= 4 is 34.8 Å². The fourth-order valence-corrected chi connectivity index (χ4v) is 2.69. The Bertz CT molecular complexity index is 1120. The smallest absolute Gasteiger partial charge is 0.364 e. The lowest BCUT2D eigenvalue weighted by Gasteiger charge is -2.14. The summed E-state index contributed by atoms with van der Waals surface area (Å²) in [4.78, 5) is 31.6. The zero-order valence-corrected chi connectivity index (χ0v) is 16.7. The van der Waals surface area contributed by atoms with Crippen LogP contribution in [0.5, 0.6) is 11.5 Å². The number of hydrogen-bond acceptors (Lipinski definition) is 10. The van der Waals surface area contributed by atoms with Gasteiger partial charge in [0.05, 0.1) is 30.0 Å². The molecule has 3 rings (SSSR count). The van der Waals surface area contributed by atoms with Crippen LogP contribution in [0.4, 0.5) is 28.8 Å². The second-order valence-electron chi connectivity index (χ2n) is 6.04. The molecule has 0 spiro atoms. The number of rotatable bonds is 8. The monoisotopic (exact) mass is 425 g/mol. The molecule has 1 heterocycles. The van der Waals surface area contributed by atoms with Crippen molar-refractivity contribution in [2.24, 2.45) is 0 Å². The molecule has 3 N–H and O–H groups in total. The number of ether oxygens (including phenoxy) is 2. The van der Waals surface area contributed by atoms with E-state index in [1.165, 1.54) is 13.2 Å². The van der Waals surface area contributed by atoms with Crippen molar-refractivity contribution in [3.8, 4) is 11.5 Å². The predicted molar refractivity (Wildman–Crippen MR) is 112 cm³/mol. The molecule has 0 saturated carbocycles. The van der Waals surface area contributed by atoms with Gasteiger partial charge in [-0.25, -0.2) is 4.79 Å². The van der Waals surface area contributed by atoms with Crippen LogP contribution in [-0.2, 0) is 4.74 Å². The van der Waals surface area contributed by atoms with E-state index >= 15 is 0 Å². The fourth-order valence-electron chi connectivity index (χ4n) is 2.69. The van der Waals surface area contributed by atoms with Crippen LogP contribution in [0.1, 0.15) is 17.4 Å². The number of hydrogen-bond donors (Lipinski definition) is 3. The number of phenolic OH excluding ortho intramolecular Hbond substituents is 1. The molecule has 160 valence electrons. The van der Waals surface area contributed by atoms with Crippen molar-refractivity contribution in [2.75, 3.05) is 24.4 Å². The number of nitrogens with one attached hydrogen (secondary N) is 2. The van der Waals surface area contributed by atoms with Crippen molar-refractivity contribution in [1.82, 2.24) is 9.97 Å². The van der Waals surface area contributed by atoms with Gasteiger partial charge >= 0.3 is 11.7 Å². The Morgan fingerprint density at radius 1 is 1.10 bits per heavy atom. The standard InChI is InChI=1S/C20H19N5O6/c1-3-31-19(27)16-17(25(28)29)18(21-13-9-5-7-11-15(13)30-2)24-20(23-16)22-12-8-4-6-10-14(12)26/h4-11,26H,3H2,1-2H3,(H2,21,22,23,24). The molecular formula is C20H19N5O6. The van der Waals surface area contributed by atoms with Crippen LogP contribution >= 0.6 is 0 Å². The van der Waals surface area contributed by atoms with Crippen molar-refractivity contribution < 1.29 is 24.3 Å². The lowest BCUT2D eigenvalue weighted by molar-refractivity contribution is -0.384. The Kier molecular flexibility index (Phi) is 6.45. The fraction of sp³-hybridized carbons (Fsp3) is 0.150.